The van der Waals surface area contributed by atoms with E-state index in [2.05, 4.69) is 29.1 Å². The number of rotatable bonds is 9. The lowest BCUT2D eigenvalue weighted by Gasteiger charge is -2.43. The predicted molar refractivity (Wildman–Crippen MR) is 148 cm³/mol. The van der Waals surface area contributed by atoms with Crippen LogP contribution in [0.1, 0.15) is 38.8 Å². The van der Waals surface area contributed by atoms with E-state index in [1.165, 1.54) is 4.90 Å². The number of likely N-dealkylation sites (tertiary alicyclic amines) is 1. The summed E-state index contributed by atoms with van der Waals surface area (Å²) < 4.78 is 6.63. The van der Waals surface area contributed by atoms with Gasteiger partial charge in [-0.25, -0.2) is 0 Å². The largest absolute Gasteiger partial charge is 0.394 e. The Labute approximate surface area is 233 Å². The van der Waals surface area contributed by atoms with Crippen LogP contribution in [0.15, 0.2) is 55.6 Å². The first-order valence-corrected chi connectivity index (χ1v) is 13.9. The van der Waals surface area contributed by atoms with Crippen LogP contribution < -0.4 is 0 Å². The monoisotopic (exact) mass is 587 g/mol. The van der Waals surface area contributed by atoms with Crippen molar-refractivity contribution in [3.05, 3.63) is 61.2 Å². The molecule has 3 unspecified atom stereocenters. The van der Waals surface area contributed by atoms with Gasteiger partial charge >= 0.3 is 0 Å². The zero-order chi connectivity index (χ0) is 28.0. The van der Waals surface area contributed by atoms with Crippen molar-refractivity contribution >= 4 is 33.7 Å². The number of aliphatic hydroxyl groups excluding tert-OH is 1. The van der Waals surface area contributed by atoms with Gasteiger partial charge in [0.2, 0.25) is 17.7 Å². The normalized spacial score (nSPS) is 30.6. The smallest absolute Gasteiger partial charge is 0.249 e. The molecule has 2 bridgehead atoms. The van der Waals surface area contributed by atoms with Gasteiger partial charge in [-0.2, -0.15) is 0 Å². The number of halogens is 1. The van der Waals surface area contributed by atoms with Crippen LogP contribution in [-0.4, -0.2) is 92.4 Å². The number of likely N-dealkylation sites (N-methyl/N-ethyl adjacent to an activating group) is 1. The Morgan fingerprint density at radius 3 is 2.39 bits per heavy atom. The molecule has 3 amide bonds. The summed E-state index contributed by atoms with van der Waals surface area (Å²) in [5.74, 6) is -2.45. The minimum atomic E-state index is -1.21. The van der Waals surface area contributed by atoms with Crippen molar-refractivity contribution in [1.29, 1.82) is 0 Å². The number of aliphatic hydroxyl groups is 1. The summed E-state index contributed by atoms with van der Waals surface area (Å²) in [6.07, 6.45) is 3.15. The number of nitrogens with zero attached hydrogens (tertiary/aromatic N) is 3. The SMILES string of the molecule is C=CCN(C)C(=O)[C@H]1[C@H]2C(=O)N([C@H](CO)c3ccccc3)C(C(=O)N(CC=C)C(C)(C)C)C23CC(Br)[C@@H]1O3. The van der Waals surface area contributed by atoms with E-state index in [9.17, 15) is 19.5 Å². The first-order chi connectivity index (χ1) is 17.9. The van der Waals surface area contributed by atoms with Crippen molar-refractivity contribution in [2.45, 2.75) is 61.3 Å². The number of hydrogen-bond donors (Lipinski definition) is 1. The minimum Gasteiger partial charge on any atom is -0.394 e. The zero-order valence-corrected chi connectivity index (χ0v) is 24.1. The maximum absolute atomic E-state index is 14.5. The third kappa shape index (κ3) is 4.42. The number of carbonyl (C=O) groups is 3. The zero-order valence-electron chi connectivity index (χ0n) is 22.5. The van der Waals surface area contributed by atoms with Crippen molar-refractivity contribution in [1.82, 2.24) is 14.7 Å². The number of benzene rings is 1. The third-order valence-electron chi connectivity index (χ3n) is 8.11. The fourth-order valence-electron chi connectivity index (χ4n) is 6.50. The van der Waals surface area contributed by atoms with Gasteiger partial charge < -0.3 is 24.5 Å². The van der Waals surface area contributed by atoms with Gasteiger partial charge in [0.1, 0.15) is 11.6 Å². The van der Waals surface area contributed by atoms with Crippen molar-refractivity contribution < 1.29 is 24.2 Å². The summed E-state index contributed by atoms with van der Waals surface area (Å²) in [6, 6.07) is 7.39. The molecule has 9 heteroatoms. The van der Waals surface area contributed by atoms with E-state index in [4.69, 9.17) is 4.74 Å². The number of amides is 3. The van der Waals surface area contributed by atoms with Crippen LogP contribution in [0.4, 0.5) is 0 Å². The molecule has 3 saturated heterocycles. The molecule has 3 aliphatic rings. The summed E-state index contributed by atoms with van der Waals surface area (Å²) in [4.78, 5) is 47.2. The molecule has 0 saturated carbocycles. The van der Waals surface area contributed by atoms with Gasteiger partial charge in [0, 0.05) is 30.5 Å². The highest BCUT2D eigenvalue weighted by atomic mass is 79.9. The average molecular weight is 589 g/mol. The molecule has 1 aromatic carbocycles. The van der Waals surface area contributed by atoms with E-state index < -0.39 is 41.2 Å². The average Bonchev–Trinajstić information content (AvgIpc) is 3.46. The number of alkyl halides is 1. The molecule has 206 valence electrons. The second kappa shape index (κ2) is 10.6. The number of fused-ring (bicyclic) bond motifs is 1. The quantitative estimate of drug-likeness (QED) is 0.354. The summed E-state index contributed by atoms with van der Waals surface area (Å²) in [5, 5.41) is 10.6. The van der Waals surface area contributed by atoms with Gasteiger partial charge in [-0.3, -0.25) is 14.4 Å². The van der Waals surface area contributed by atoms with E-state index in [0.29, 0.717) is 18.5 Å². The number of ether oxygens (including phenoxy) is 1. The van der Waals surface area contributed by atoms with E-state index in [-0.39, 0.29) is 35.7 Å². The van der Waals surface area contributed by atoms with Gasteiger partial charge in [-0.05, 0) is 32.8 Å². The minimum absolute atomic E-state index is 0.209. The molecule has 4 rings (SSSR count). The van der Waals surface area contributed by atoms with Crippen LogP contribution in [0.25, 0.3) is 0 Å². The fraction of sp³-hybridized carbons (Fsp3) is 0.552. The topological polar surface area (TPSA) is 90.4 Å². The second-order valence-corrected chi connectivity index (χ2v) is 12.6. The maximum atomic E-state index is 14.5. The van der Waals surface area contributed by atoms with Crippen LogP contribution in [0.2, 0.25) is 0 Å². The van der Waals surface area contributed by atoms with Gasteiger partial charge in [0.05, 0.1) is 30.6 Å². The molecule has 0 aromatic heterocycles. The summed E-state index contributed by atoms with van der Waals surface area (Å²) >= 11 is 3.71. The lowest BCUT2D eigenvalue weighted by atomic mass is 9.70. The molecule has 1 aromatic rings. The van der Waals surface area contributed by atoms with Crippen molar-refractivity contribution in [2.75, 3.05) is 26.7 Å². The van der Waals surface area contributed by atoms with Crippen molar-refractivity contribution in [2.24, 2.45) is 11.8 Å². The van der Waals surface area contributed by atoms with E-state index in [0.717, 1.165) is 0 Å². The van der Waals surface area contributed by atoms with Crippen LogP contribution >= 0.6 is 15.9 Å². The van der Waals surface area contributed by atoms with Crippen LogP contribution in [0.5, 0.6) is 0 Å². The highest BCUT2D eigenvalue weighted by Gasteiger charge is 2.77. The van der Waals surface area contributed by atoms with E-state index in [1.54, 1.807) is 29.0 Å². The van der Waals surface area contributed by atoms with Gasteiger partial charge in [0.15, 0.2) is 0 Å². The Morgan fingerprint density at radius 2 is 1.84 bits per heavy atom. The fourth-order valence-corrected chi connectivity index (χ4v) is 7.45. The Morgan fingerprint density at radius 1 is 1.21 bits per heavy atom. The molecular formula is C29H38BrN3O5. The number of hydrogen-bond acceptors (Lipinski definition) is 5. The Hall–Kier alpha value is -2.49. The van der Waals surface area contributed by atoms with Crippen LogP contribution in [-0.2, 0) is 19.1 Å². The van der Waals surface area contributed by atoms with E-state index in [1.807, 2.05) is 51.1 Å². The third-order valence-corrected chi connectivity index (χ3v) is 8.95. The standard InChI is InChI=1S/C29H38BrN3O5/c1-7-14-31(6)25(35)21-22-26(36)33(20(17-34)18-12-10-9-11-13-18)24(29(22)16-19(30)23(21)38-29)27(37)32(15-8-2)28(3,4)5/h7-13,19-24,34H,1-2,14-17H2,3-6H3/t19?,20-,21+,22+,23+,24?,29?/m1/s1. The molecule has 3 aliphatic heterocycles. The molecule has 8 nitrogen and oxygen atoms in total. The molecule has 0 radical (unpaired) electrons. The van der Waals surface area contributed by atoms with Gasteiger partial charge in [0.25, 0.3) is 0 Å². The molecule has 1 spiro atoms. The first-order valence-electron chi connectivity index (χ1n) is 13.0. The van der Waals surface area contributed by atoms with Crippen molar-refractivity contribution in [3.8, 4) is 0 Å². The second-order valence-electron chi connectivity index (χ2n) is 11.4. The lowest BCUT2D eigenvalue weighted by molar-refractivity contribution is -0.154. The Balaban J connectivity index is 1.89. The molecule has 1 N–H and O–H groups in total. The summed E-state index contributed by atoms with van der Waals surface area (Å²) in [5.41, 5.74) is -1.07. The first kappa shape index (κ1) is 28.5. The van der Waals surface area contributed by atoms with Crippen LogP contribution in [0.3, 0.4) is 0 Å². The van der Waals surface area contributed by atoms with Crippen LogP contribution in [0, 0.1) is 11.8 Å². The molecule has 3 heterocycles. The molecule has 38 heavy (non-hydrogen) atoms. The Kier molecular flexibility index (Phi) is 7.94. The summed E-state index contributed by atoms with van der Waals surface area (Å²) in [6.45, 7) is 13.6. The molecule has 0 aliphatic carbocycles. The highest BCUT2D eigenvalue weighted by Crippen LogP contribution is 2.61. The molecule has 3 fully saturated rings. The maximum Gasteiger partial charge on any atom is 0.249 e. The van der Waals surface area contributed by atoms with Gasteiger partial charge in [-0.1, -0.05) is 58.4 Å². The molecule has 7 atom stereocenters. The highest BCUT2D eigenvalue weighted by molar-refractivity contribution is 9.09. The van der Waals surface area contributed by atoms with E-state index >= 15 is 0 Å². The Bertz CT molecular complexity index is 1110. The lowest BCUT2D eigenvalue weighted by Crippen LogP contribution is -2.60. The predicted octanol–water partition coefficient (Wildman–Crippen LogP) is 2.93. The summed E-state index contributed by atoms with van der Waals surface area (Å²) in [7, 11) is 1.68. The van der Waals surface area contributed by atoms with Gasteiger partial charge in [-0.15, -0.1) is 13.2 Å². The van der Waals surface area contributed by atoms with Crippen molar-refractivity contribution in [3.63, 3.8) is 0 Å². The number of carbonyl (C=O) groups excluding carboxylic acids is 3. The molecular weight excluding hydrogens is 550 g/mol.